The summed E-state index contributed by atoms with van der Waals surface area (Å²) in [6.45, 7) is 1.39. The van der Waals surface area contributed by atoms with Gasteiger partial charge in [0.15, 0.2) is 11.6 Å². The van der Waals surface area contributed by atoms with Crippen molar-refractivity contribution in [1.82, 2.24) is 0 Å². The fraction of sp³-hybridized carbons (Fsp3) is 0.400. The first kappa shape index (κ1) is 11.1. The molecule has 1 atom stereocenters. The van der Waals surface area contributed by atoms with Crippen LogP contribution in [0.5, 0.6) is 0 Å². The van der Waals surface area contributed by atoms with Gasteiger partial charge >= 0.3 is 0 Å². The molecule has 1 aromatic carbocycles. The number of halogens is 2. The second-order valence-corrected chi connectivity index (χ2v) is 3.49. The lowest BCUT2D eigenvalue weighted by Crippen LogP contribution is -2.35. The molecule has 0 amide bonds. The van der Waals surface area contributed by atoms with Gasteiger partial charge in [-0.3, -0.25) is 0 Å². The normalized spacial score (nSPS) is 15.2. The van der Waals surface area contributed by atoms with Gasteiger partial charge in [-0.1, -0.05) is 12.1 Å². The van der Waals surface area contributed by atoms with Crippen molar-refractivity contribution in [2.24, 2.45) is 5.73 Å². The highest BCUT2D eigenvalue weighted by atomic mass is 19.2. The first-order valence-corrected chi connectivity index (χ1v) is 4.33. The molecule has 0 saturated heterocycles. The van der Waals surface area contributed by atoms with E-state index in [4.69, 9.17) is 10.8 Å². The first-order chi connectivity index (χ1) is 6.49. The van der Waals surface area contributed by atoms with Crippen LogP contribution in [0.25, 0.3) is 0 Å². The minimum Gasteiger partial charge on any atom is -0.396 e. The number of hydrogen-bond acceptors (Lipinski definition) is 2. The minimum absolute atomic E-state index is 0.0894. The van der Waals surface area contributed by atoms with Crippen molar-refractivity contribution in [3.05, 3.63) is 35.4 Å². The van der Waals surface area contributed by atoms with Gasteiger partial charge in [-0.05, 0) is 19.4 Å². The third kappa shape index (κ3) is 2.08. The van der Waals surface area contributed by atoms with Gasteiger partial charge in [0.25, 0.3) is 0 Å². The van der Waals surface area contributed by atoms with Crippen LogP contribution in [0.2, 0.25) is 0 Å². The van der Waals surface area contributed by atoms with Crippen LogP contribution in [0.1, 0.15) is 18.9 Å². The van der Waals surface area contributed by atoms with Crippen molar-refractivity contribution in [1.29, 1.82) is 0 Å². The minimum atomic E-state index is -1.04. The molecule has 0 aromatic heterocycles. The molecule has 0 heterocycles. The number of nitrogens with two attached hydrogens (primary N) is 1. The van der Waals surface area contributed by atoms with Gasteiger partial charge in [0.2, 0.25) is 0 Å². The molecule has 0 aliphatic carbocycles. The van der Waals surface area contributed by atoms with Gasteiger partial charge in [0.1, 0.15) is 0 Å². The largest absolute Gasteiger partial charge is 0.396 e. The molecule has 0 fully saturated rings. The van der Waals surface area contributed by atoms with Crippen LogP contribution in [0.3, 0.4) is 0 Å². The summed E-state index contributed by atoms with van der Waals surface area (Å²) in [7, 11) is 0. The zero-order chi connectivity index (χ0) is 10.8. The van der Waals surface area contributed by atoms with Gasteiger partial charge in [0, 0.05) is 17.7 Å². The summed E-state index contributed by atoms with van der Waals surface area (Å²) in [5.41, 5.74) is 4.80. The molecule has 1 unspecified atom stereocenters. The Bertz CT molecular complexity index is 326. The Morgan fingerprint density at radius 2 is 2.07 bits per heavy atom. The molecule has 0 saturated carbocycles. The van der Waals surface area contributed by atoms with E-state index in [-0.39, 0.29) is 18.6 Å². The second-order valence-electron chi connectivity index (χ2n) is 3.49. The Hall–Kier alpha value is -1.00. The van der Waals surface area contributed by atoms with E-state index in [2.05, 4.69) is 0 Å². The van der Waals surface area contributed by atoms with E-state index in [1.54, 1.807) is 6.92 Å². The predicted molar refractivity (Wildman–Crippen MR) is 49.6 cm³/mol. The van der Waals surface area contributed by atoms with Crippen LogP contribution in [0.4, 0.5) is 8.78 Å². The van der Waals surface area contributed by atoms with Gasteiger partial charge in [0.05, 0.1) is 0 Å². The van der Waals surface area contributed by atoms with Gasteiger partial charge in [-0.15, -0.1) is 0 Å². The molecule has 2 nitrogen and oxygen atoms in total. The van der Waals surface area contributed by atoms with Crippen molar-refractivity contribution in [2.45, 2.75) is 18.9 Å². The zero-order valence-corrected chi connectivity index (χ0v) is 7.93. The van der Waals surface area contributed by atoms with Crippen LogP contribution in [-0.4, -0.2) is 11.7 Å². The van der Waals surface area contributed by atoms with Gasteiger partial charge in [-0.25, -0.2) is 8.78 Å². The van der Waals surface area contributed by atoms with E-state index in [0.717, 1.165) is 6.07 Å². The molecule has 1 rings (SSSR count). The molecule has 3 N–H and O–H groups in total. The molecule has 0 radical (unpaired) electrons. The van der Waals surface area contributed by atoms with Crippen LogP contribution in [0.15, 0.2) is 18.2 Å². The van der Waals surface area contributed by atoms with E-state index in [1.165, 1.54) is 12.1 Å². The van der Waals surface area contributed by atoms with Gasteiger partial charge < -0.3 is 10.8 Å². The summed E-state index contributed by atoms with van der Waals surface area (Å²) >= 11 is 0. The third-order valence-corrected chi connectivity index (χ3v) is 2.20. The fourth-order valence-corrected chi connectivity index (χ4v) is 1.31. The number of benzene rings is 1. The zero-order valence-electron chi connectivity index (χ0n) is 7.93. The molecule has 0 spiro atoms. The highest BCUT2D eigenvalue weighted by Crippen LogP contribution is 2.25. The van der Waals surface area contributed by atoms with Crippen molar-refractivity contribution < 1.29 is 13.9 Å². The highest BCUT2D eigenvalue weighted by Gasteiger charge is 2.25. The molecule has 78 valence electrons. The molecular formula is C10H13F2NO. The Morgan fingerprint density at radius 3 is 2.64 bits per heavy atom. The number of aliphatic hydroxyl groups is 1. The summed E-state index contributed by atoms with van der Waals surface area (Å²) in [5.74, 6) is -1.86. The van der Waals surface area contributed by atoms with Crippen LogP contribution < -0.4 is 5.73 Å². The molecule has 0 bridgehead atoms. The van der Waals surface area contributed by atoms with Crippen molar-refractivity contribution in [2.75, 3.05) is 6.61 Å². The Balaban J connectivity index is 3.12. The Kier molecular flexibility index (Phi) is 3.18. The number of hydrogen-bond donors (Lipinski definition) is 2. The summed E-state index contributed by atoms with van der Waals surface area (Å²) in [6, 6.07) is 3.86. The van der Waals surface area contributed by atoms with Gasteiger partial charge in [-0.2, -0.15) is 0 Å². The number of aliphatic hydroxyl groups excluding tert-OH is 1. The molecule has 14 heavy (non-hydrogen) atoms. The Morgan fingerprint density at radius 1 is 1.43 bits per heavy atom. The van der Waals surface area contributed by atoms with E-state index in [1.807, 2.05) is 0 Å². The Labute approximate surface area is 81.4 Å². The average Bonchev–Trinajstić information content (AvgIpc) is 2.09. The molecule has 0 aliphatic rings. The van der Waals surface area contributed by atoms with Crippen molar-refractivity contribution >= 4 is 0 Å². The smallest absolute Gasteiger partial charge is 0.163 e. The van der Waals surface area contributed by atoms with E-state index >= 15 is 0 Å². The summed E-state index contributed by atoms with van der Waals surface area (Å²) in [4.78, 5) is 0. The maximum absolute atomic E-state index is 13.3. The van der Waals surface area contributed by atoms with Crippen molar-refractivity contribution in [3.8, 4) is 0 Å². The average molecular weight is 201 g/mol. The van der Waals surface area contributed by atoms with Crippen LogP contribution in [-0.2, 0) is 5.54 Å². The lowest BCUT2D eigenvalue weighted by Gasteiger charge is -2.24. The van der Waals surface area contributed by atoms with Crippen LogP contribution >= 0.6 is 0 Å². The maximum atomic E-state index is 13.3. The predicted octanol–water partition coefficient (Wildman–Crippen LogP) is 1.52. The lowest BCUT2D eigenvalue weighted by atomic mass is 9.89. The monoisotopic (exact) mass is 201 g/mol. The quantitative estimate of drug-likeness (QED) is 0.778. The van der Waals surface area contributed by atoms with Crippen molar-refractivity contribution in [3.63, 3.8) is 0 Å². The maximum Gasteiger partial charge on any atom is 0.163 e. The molecule has 0 aliphatic heterocycles. The molecule has 4 heteroatoms. The summed E-state index contributed by atoms with van der Waals surface area (Å²) in [6.07, 6.45) is 0.188. The summed E-state index contributed by atoms with van der Waals surface area (Å²) < 4.78 is 26.1. The number of rotatable bonds is 3. The van der Waals surface area contributed by atoms with Crippen LogP contribution in [0, 0.1) is 11.6 Å². The molecule has 1 aromatic rings. The van der Waals surface area contributed by atoms with E-state index in [9.17, 15) is 8.78 Å². The van der Waals surface area contributed by atoms with E-state index in [0.29, 0.717) is 0 Å². The highest BCUT2D eigenvalue weighted by molar-refractivity contribution is 5.26. The topological polar surface area (TPSA) is 46.2 Å². The fourth-order valence-electron chi connectivity index (χ4n) is 1.31. The van der Waals surface area contributed by atoms with E-state index < -0.39 is 17.2 Å². The second kappa shape index (κ2) is 4.02. The standard InChI is InChI=1S/C10H13F2NO/c1-10(13,5-6-14)7-3-2-4-8(11)9(7)12/h2-4,14H,5-6,13H2,1H3. The molecular weight excluding hydrogens is 188 g/mol. The SMILES string of the molecule is CC(N)(CCO)c1cccc(F)c1F. The first-order valence-electron chi connectivity index (χ1n) is 4.33. The third-order valence-electron chi connectivity index (χ3n) is 2.20. The summed E-state index contributed by atoms with van der Waals surface area (Å²) in [5, 5.41) is 8.73. The lowest BCUT2D eigenvalue weighted by molar-refractivity contribution is 0.244.